The second-order valence-corrected chi connectivity index (χ2v) is 6.72. The van der Waals surface area contributed by atoms with Gasteiger partial charge in [-0.3, -0.25) is 14.8 Å². The largest absolute Gasteiger partial charge is 0.356 e. The molecule has 0 amide bonds. The number of aliphatic imine (C=N–C) groups is 1. The highest BCUT2D eigenvalue weighted by atomic mass is 127. The maximum atomic E-state index is 5.00. The van der Waals surface area contributed by atoms with Gasteiger partial charge in [-0.25, -0.2) is 0 Å². The molecule has 5 rings (SSSR count). The summed E-state index contributed by atoms with van der Waals surface area (Å²) in [6, 6.07) is 9.29. The van der Waals surface area contributed by atoms with E-state index in [1.165, 1.54) is 44.0 Å². The van der Waals surface area contributed by atoms with Gasteiger partial charge in [-0.05, 0) is 25.0 Å². The lowest BCUT2D eigenvalue weighted by molar-refractivity contribution is 0.0174. The number of halogens is 1. The summed E-state index contributed by atoms with van der Waals surface area (Å²) < 4.78 is 0. The topological polar surface area (TPSA) is 34.1 Å². The number of nitrogens with one attached hydrogen (secondary N) is 1. The first-order chi connectivity index (χ1) is 11.3. The third-order valence-electron chi connectivity index (χ3n) is 5.32. The molecule has 1 unspecified atom stereocenters. The third-order valence-corrected chi connectivity index (χ3v) is 5.32. The van der Waals surface area contributed by atoms with Crippen LogP contribution in [0.3, 0.4) is 0 Å². The van der Waals surface area contributed by atoms with Gasteiger partial charge in [-0.15, -0.1) is 24.0 Å². The molecule has 3 fully saturated rings. The lowest BCUT2D eigenvalue weighted by atomic mass is 10.1. The minimum Gasteiger partial charge on any atom is -0.356 e. The molecule has 5 nitrogen and oxygen atoms in total. The van der Waals surface area contributed by atoms with Crippen molar-refractivity contribution in [3.8, 4) is 0 Å². The predicted molar refractivity (Wildman–Crippen MR) is 111 cm³/mol. The van der Waals surface area contributed by atoms with Gasteiger partial charge in [0.25, 0.3) is 0 Å². The number of guanidine groups is 1. The Labute approximate surface area is 162 Å². The van der Waals surface area contributed by atoms with Crippen LogP contribution in [-0.2, 0) is 6.42 Å². The number of hydrogen-bond acceptors (Lipinski definition) is 3. The maximum Gasteiger partial charge on any atom is 0.198 e. The summed E-state index contributed by atoms with van der Waals surface area (Å²) >= 11 is 0. The Hall–Kier alpha value is -0.860. The molecular formula is C18H28IN5. The standard InChI is InChI=1S/C18H27N5.HI/c1-2-19-18(23-8-7-15-5-3-4-6-17(15)23)20-13-16-14-21-9-11-22(16)12-10-21;/h3-6,16H,2,7-14H2,1H3,(H,19,20);1H. The Balaban J connectivity index is 0.00000169. The van der Waals surface area contributed by atoms with Crippen LogP contribution >= 0.6 is 24.0 Å². The molecular weight excluding hydrogens is 413 g/mol. The van der Waals surface area contributed by atoms with E-state index in [1.807, 2.05) is 0 Å². The van der Waals surface area contributed by atoms with Crippen molar-refractivity contribution in [2.75, 3.05) is 57.3 Å². The molecule has 4 heterocycles. The van der Waals surface area contributed by atoms with E-state index >= 15 is 0 Å². The fourth-order valence-electron chi connectivity index (χ4n) is 4.04. The normalized spacial score (nSPS) is 28.5. The first kappa shape index (κ1) is 17.9. The molecule has 4 aliphatic rings. The molecule has 0 saturated carbocycles. The fourth-order valence-corrected chi connectivity index (χ4v) is 4.04. The van der Waals surface area contributed by atoms with E-state index in [2.05, 4.69) is 51.2 Å². The second-order valence-electron chi connectivity index (χ2n) is 6.72. The molecule has 1 atom stereocenters. The van der Waals surface area contributed by atoms with E-state index in [0.29, 0.717) is 6.04 Å². The number of para-hydroxylation sites is 1. The van der Waals surface area contributed by atoms with Crippen LogP contribution in [0, 0.1) is 0 Å². The number of hydrogen-bond donors (Lipinski definition) is 1. The quantitative estimate of drug-likeness (QED) is 0.440. The molecule has 3 saturated heterocycles. The van der Waals surface area contributed by atoms with Gasteiger partial charge < -0.3 is 10.2 Å². The maximum absolute atomic E-state index is 5.00. The van der Waals surface area contributed by atoms with Crippen molar-refractivity contribution in [3.63, 3.8) is 0 Å². The van der Waals surface area contributed by atoms with E-state index < -0.39 is 0 Å². The first-order valence-electron chi connectivity index (χ1n) is 8.95. The Morgan fingerprint density at radius 3 is 2.67 bits per heavy atom. The summed E-state index contributed by atoms with van der Waals surface area (Å²) in [4.78, 5) is 12.6. The van der Waals surface area contributed by atoms with Crippen molar-refractivity contribution in [2.24, 2.45) is 4.99 Å². The Bertz CT molecular complexity index is 583. The number of nitrogens with zero attached hydrogens (tertiary/aromatic N) is 4. The average molecular weight is 441 g/mol. The van der Waals surface area contributed by atoms with Gasteiger partial charge in [-0.1, -0.05) is 18.2 Å². The Morgan fingerprint density at radius 1 is 1.17 bits per heavy atom. The number of anilines is 1. The van der Waals surface area contributed by atoms with Crippen LogP contribution in [0.15, 0.2) is 29.3 Å². The minimum atomic E-state index is 0. The minimum absolute atomic E-state index is 0. The third kappa shape index (κ3) is 3.55. The monoisotopic (exact) mass is 441 g/mol. The summed E-state index contributed by atoms with van der Waals surface area (Å²) in [6.07, 6.45) is 1.11. The highest BCUT2D eigenvalue weighted by molar-refractivity contribution is 14.0. The number of benzene rings is 1. The molecule has 0 aromatic heterocycles. The van der Waals surface area contributed by atoms with Gasteiger partial charge in [0.05, 0.1) is 6.54 Å². The van der Waals surface area contributed by atoms with E-state index in [1.54, 1.807) is 0 Å². The van der Waals surface area contributed by atoms with Crippen molar-refractivity contribution in [1.29, 1.82) is 0 Å². The van der Waals surface area contributed by atoms with Crippen LogP contribution in [0.25, 0.3) is 0 Å². The van der Waals surface area contributed by atoms with Gasteiger partial charge >= 0.3 is 0 Å². The summed E-state index contributed by atoms with van der Waals surface area (Å²) in [5.74, 6) is 1.05. The van der Waals surface area contributed by atoms with E-state index in [9.17, 15) is 0 Å². The molecule has 1 aromatic carbocycles. The zero-order chi connectivity index (χ0) is 15.6. The zero-order valence-corrected chi connectivity index (χ0v) is 16.8. The molecule has 6 heteroatoms. The van der Waals surface area contributed by atoms with Gasteiger partial charge in [0.15, 0.2) is 5.96 Å². The smallest absolute Gasteiger partial charge is 0.198 e. The van der Waals surface area contributed by atoms with Crippen LogP contribution in [0.2, 0.25) is 0 Å². The first-order valence-corrected chi connectivity index (χ1v) is 8.95. The highest BCUT2D eigenvalue weighted by Gasteiger charge is 2.32. The number of fused-ring (bicyclic) bond motifs is 4. The zero-order valence-electron chi connectivity index (χ0n) is 14.4. The van der Waals surface area contributed by atoms with E-state index in [4.69, 9.17) is 4.99 Å². The van der Waals surface area contributed by atoms with Crippen LogP contribution in [0.5, 0.6) is 0 Å². The van der Waals surface area contributed by atoms with Crippen molar-refractivity contribution in [2.45, 2.75) is 19.4 Å². The summed E-state index contributed by atoms with van der Waals surface area (Å²) in [5, 5.41) is 3.49. The van der Waals surface area contributed by atoms with Gasteiger partial charge in [0.2, 0.25) is 0 Å². The van der Waals surface area contributed by atoms with Crippen LogP contribution < -0.4 is 10.2 Å². The molecule has 0 aliphatic carbocycles. The Kier molecular flexibility index (Phi) is 5.99. The molecule has 0 spiro atoms. The molecule has 1 aromatic rings. The molecule has 132 valence electrons. The van der Waals surface area contributed by atoms with Crippen molar-refractivity contribution in [1.82, 2.24) is 15.1 Å². The molecule has 1 N–H and O–H groups in total. The SMILES string of the molecule is CCNC(=NCC1CN2CCN1CC2)N1CCc2ccccc21.I. The number of piperazine rings is 3. The second kappa shape index (κ2) is 8.01. The summed E-state index contributed by atoms with van der Waals surface area (Å²) in [6.45, 7) is 11.1. The van der Waals surface area contributed by atoms with Crippen molar-refractivity contribution in [3.05, 3.63) is 29.8 Å². The average Bonchev–Trinajstić information content (AvgIpc) is 3.04. The van der Waals surface area contributed by atoms with Crippen molar-refractivity contribution < 1.29 is 0 Å². The molecule has 24 heavy (non-hydrogen) atoms. The van der Waals surface area contributed by atoms with Crippen LogP contribution in [0.1, 0.15) is 12.5 Å². The van der Waals surface area contributed by atoms with Gasteiger partial charge in [0.1, 0.15) is 0 Å². The highest BCUT2D eigenvalue weighted by Crippen LogP contribution is 2.27. The van der Waals surface area contributed by atoms with Crippen LogP contribution in [-0.4, -0.2) is 74.2 Å². The van der Waals surface area contributed by atoms with E-state index in [-0.39, 0.29) is 24.0 Å². The molecule has 4 aliphatic heterocycles. The van der Waals surface area contributed by atoms with Gasteiger partial charge in [-0.2, -0.15) is 0 Å². The van der Waals surface area contributed by atoms with Crippen molar-refractivity contribution >= 4 is 35.6 Å². The van der Waals surface area contributed by atoms with Crippen LogP contribution in [0.4, 0.5) is 5.69 Å². The molecule has 2 bridgehead atoms. The predicted octanol–water partition coefficient (Wildman–Crippen LogP) is 1.63. The lowest BCUT2D eigenvalue weighted by Crippen LogP contribution is -2.62. The summed E-state index contributed by atoms with van der Waals surface area (Å²) in [5.41, 5.74) is 2.76. The Morgan fingerprint density at radius 2 is 1.96 bits per heavy atom. The lowest BCUT2D eigenvalue weighted by Gasteiger charge is -2.47. The fraction of sp³-hybridized carbons (Fsp3) is 0.611. The summed E-state index contributed by atoms with van der Waals surface area (Å²) in [7, 11) is 0. The van der Waals surface area contributed by atoms with E-state index in [0.717, 1.165) is 32.0 Å². The molecule has 0 radical (unpaired) electrons. The van der Waals surface area contributed by atoms with Gasteiger partial charge in [0, 0.05) is 57.5 Å². The number of rotatable bonds is 3.